The summed E-state index contributed by atoms with van der Waals surface area (Å²) < 4.78 is 10.9. The van der Waals surface area contributed by atoms with Crippen LogP contribution in [0.3, 0.4) is 0 Å². The lowest BCUT2D eigenvalue weighted by Gasteiger charge is -2.11. The van der Waals surface area contributed by atoms with Crippen LogP contribution in [0.15, 0.2) is 52.9 Å². The Balaban J connectivity index is 1.65. The van der Waals surface area contributed by atoms with Crippen LogP contribution in [0, 0.1) is 13.8 Å². The SMILES string of the molecule is COc1ccccc1CNC(=O)Nc1cccc(-c2nc(C)c(C)o2)c1. The van der Waals surface area contributed by atoms with Crippen molar-refractivity contribution < 1.29 is 13.9 Å². The molecule has 26 heavy (non-hydrogen) atoms. The lowest BCUT2D eigenvalue weighted by molar-refractivity contribution is 0.251. The smallest absolute Gasteiger partial charge is 0.319 e. The molecule has 6 heteroatoms. The second-order valence-electron chi connectivity index (χ2n) is 5.86. The first-order valence-corrected chi connectivity index (χ1v) is 8.28. The van der Waals surface area contributed by atoms with Crippen LogP contribution in [0.1, 0.15) is 17.0 Å². The second-order valence-corrected chi connectivity index (χ2v) is 5.86. The van der Waals surface area contributed by atoms with Gasteiger partial charge in [-0.15, -0.1) is 0 Å². The molecule has 2 aromatic carbocycles. The molecule has 0 atom stereocenters. The number of nitrogens with one attached hydrogen (secondary N) is 2. The molecule has 0 aliphatic carbocycles. The van der Waals surface area contributed by atoms with Gasteiger partial charge in [0.25, 0.3) is 0 Å². The average Bonchev–Trinajstić information content (AvgIpc) is 2.99. The molecule has 0 saturated carbocycles. The van der Waals surface area contributed by atoms with Gasteiger partial charge in [0.15, 0.2) is 0 Å². The fraction of sp³-hybridized carbons (Fsp3) is 0.200. The van der Waals surface area contributed by atoms with Crippen LogP contribution < -0.4 is 15.4 Å². The van der Waals surface area contributed by atoms with E-state index in [9.17, 15) is 4.79 Å². The maximum absolute atomic E-state index is 12.2. The fourth-order valence-electron chi connectivity index (χ4n) is 2.53. The summed E-state index contributed by atoms with van der Waals surface area (Å²) in [4.78, 5) is 16.6. The Bertz CT molecular complexity index is 899. The molecule has 0 spiro atoms. The van der Waals surface area contributed by atoms with Crippen LogP contribution in [0.2, 0.25) is 0 Å². The molecule has 0 unspecified atom stereocenters. The van der Waals surface area contributed by atoms with E-state index in [4.69, 9.17) is 9.15 Å². The monoisotopic (exact) mass is 351 g/mol. The van der Waals surface area contributed by atoms with Gasteiger partial charge in [0.05, 0.1) is 12.8 Å². The van der Waals surface area contributed by atoms with Gasteiger partial charge < -0.3 is 19.8 Å². The minimum Gasteiger partial charge on any atom is -0.496 e. The number of aromatic nitrogens is 1. The minimum atomic E-state index is -0.298. The average molecular weight is 351 g/mol. The maximum atomic E-state index is 12.2. The molecule has 2 amide bonds. The van der Waals surface area contributed by atoms with E-state index < -0.39 is 0 Å². The Morgan fingerprint density at radius 1 is 1.15 bits per heavy atom. The highest BCUT2D eigenvalue weighted by molar-refractivity contribution is 5.89. The van der Waals surface area contributed by atoms with Crippen molar-refractivity contribution in [1.82, 2.24) is 10.3 Å². The molecule has 0 fully saturated rings. The molecule has 0 bridgehead atoms. The summed E-state index contributed by atoms with van der Waals surface area (Å²) in [6.45, 7) is 4.14. The third-order valence-electron chi connectivity index (χ3n) is 4.03. The van der Waals surface area contributed by atoms with Crippen molar-refractivity contribution in [3.05, 3.63) is 65.5 Å². The van der Waals surface area contributed by atoms with Crippen LogP contribution in [0.5, 0.6) is 5.75 Å². The molecule has 0 saturated heterocycles. The first-order valence-electron chi connectivity index (χ1n) is 8.28. The number of nitrogens with zero attached hydrogens (tertiary/aromatic N) is 1. The number of urea groups is 1. The van der Waals surface area contributed by atoms with Gasteiger partial charge in [0.1, 0.15) is 11.5 Å². The van der Waals surface area contributed by atoms with Crippen molar-refractivity contribution in [2.45, 2.75) is 20.4 Å². The van der Waals surface area contributed by atoms with Crippen molar-refractivity contribution in [2.75, 3.05) is 12.4 Å². The highest BCUT2D eigenvalue weighted by Crippen LogP contribution is 2.24. The quantitative estimate of drug-likeness (QED) is 0.719. The molecular formula is C20H21N3O3. The number of carbonyl (C=O) groups excluding carboxylic acids is 1. The topological polar surface area (TPSA) is 76.4 Å². The van der Waals surface area contributed by atoms with E-state index in [1.807, 2.05) is 62.4 Å². The van der Waals surface area contributed by atoms with Gasteiger partial charge in [-0.3, -0.25) is 0 Å². The molecule has 6 nitrogen and oxygen atoms in total. The summed E-state index contributed by atoms with van der Waals surface area (Å²) in [5.74, 6) is 2.07. The van der Waals surface area contributed by atoms with Crippen LogP contribution in [0.25, 0.3) is 11.5 Å². The Kier molecular flexibility index (Phi) is 5.22. The van der Waals surface area contributed by atoms with Gasteiger partial charge in [-0.1, -0.05) is 24.3 Å². The maximum Gasteiger partial charge on any atom is 0.319 e. The predicted molar refractivity (Wildman–Crippen MR) is 100 cm³/mol. The number of para-hydroxylation sites is 1. The number of rotatable bonds is 5. The normalized spacial score (nSPS) is 10.4. The zero-order chi connectivity index (χ0) is 18.5. The number of hydrogen-bond acceptors (Lipinski definition) is 4. The highest BCUT2D eigenvalue weighted by atomic mass is 16.5. The first kappa shape index (κ1) is 17.5. The standard InChI is InChI=1S/C20H21N3O3/c1-13-14(2)26-19(22-13)15-8-6-9-17(11-15)23-20(24)21-12-16-7-4-5-10-18(16)25-3/h4-11H,12H2,1-3H3,(H2,21,23,24). The molecular weight excluding hydrogens is 330 g/mol. The molecule has 1 heterocycles. The van der Waals surface area contributed by atoms with E-state index in [1.54, 1.807) is 7.11 Å². The van der Waals surface area contributed by atoms with Gasteiger partial charge in [0.2, 0.25) is 5.89 Å². The largest absolute Gasteiger partial charge is 0.496 e. The number of ether oxygens (including phenoxy) is 1. The van der Waals surface area contributed by atoms with Crippen LogP contribution >= 0.6 is 0 Å². The van der Waals surface area contributed by atoms with Crippen molar-refractivity contribution in [1.29, 1.82) is 0 Å². The first-order chi connectivity index (χ1) is 12.6. The number of hydrogen-bond donors (Lipinski definition) is 2. The number of benzene rings is 2. The van der Waals surface area contributed by atoms with Crippen molar-refractivity contribution in [2.24, 2.45) is 0 Å². The summed E-state index contributed by atoms with van der Waals surface area (Å²) in [5.41, 5.74) is 3.23. The summed E-state index contributed by atoms with van der Waals surface area (Å²) in [5, 5.41) is 5.65. The van der Waals surface area contributed by atoms with Crippen LogP contribution in [-0.4, -0.2) is 18.1 Å². The molecule has 0 aliphatic rings. The van der Waals surface area contributed by atoms with E-state index in [0.717, 1.165) is 28.3 Å². The molecule has 2 N–H and O–H groups in total. The Morgan fingerprint density at radius 2 is 1.96 bits per heavy atom. The molecule has 0 aliphatic heterocycles. The zero-order valence-corrected chi connectivity index (χ0v) is 15.0. The van der Waals surface area contributed by atoms with E-state index >= 15 is 0 Å². The van der Waals surface area contributed by atoms with Crippen LogP contribution in [-0.2, 0) is 6.54 Å². The van der Waals surface area contributed by atoms with Gasteiger partial charge >= 0.3 is 6.03 Å². The summed E-state index contributed by atoms with van der Waals surface area (Å²) in [7, 11) is 1.61. The Morgan fingerprint density at radius 3 is 2.69 bits per heavy atom. The van der Waals surface area contributed by atoms with Crippen molar-refractivity contribution >= 4 is 11.7 Å². The second kappa shape index (κ2) is 7.74. The third-order valence-corrected chi connectivity index (χ3v) is 4.03. The van der Waals surface area contributed by atoms with Crippen molar-refractivity contribution in [3.8, 4) is 17.2 Å². The lowest BCUT2D eigenvalue weighted by Crippen LogP contribution is -2.28. The lowest BCUT2D eigenvalue weighted by atomic mass is 10.2. The highest BCUT2D eigenvalue weighted by Gasteiger charge is 2.10. The minimum absolute atomic E-state index is 0.298. The van der Waals surface area contributed by atoms with Gasteiger partial charge in [-0.25, -0.2) is 9.78 Å². The summed E-state index contributed by atoms with van der Waals surface area (Å²) in [6.07, 6.45) is 0. The number of anilines is 1. The molecule has 0 radical (unpaired) electrons. The Labute approximate surface area is 152 Å². The van der Waals surface area contributed by atoms with E-state index in [1.165, 1.54) is 0 Å². The van der Waals surface area contributed by atoms with E-state index in [0.29, 0.717) is 18.1 Å². The Hall–Kier alpha value is -3.28. The van der Waals surface area contributed by atoms with Crippen molar-refractivity contribution in [3.63, 3.8) is 0 Å². The molecule has 3 aromatic rings. The predicted octanol–water partition coefficient (Wildman–Crippen LogP) is 4.29. The molecule has 134 valence electrons. The number of methoxy groups -OCH3 is 1. The number of oxazole rings is 1. The van der Waals surface area contributed by atoms with E-state index in [2.05, 4.69) is 15.6 Å². The van der Waals surface area contributed by atoms with Gasteiger partial charge in [0, 0.05) is 23.4 Å². The van der Waals surface area contributed by atoms with Crippen LogP contribution in [0.4, 0.5) is 10.5 Å². The molecule has 1 aromatic heterocycles. The zero-order valence-electron chi connectivity index (χ0n) is 15.0. The van der Waals surface area contributed by atoms with Gasteiger partial charge in [-0.2, -0.15) is 0 Å². The summed E-state index contributed by atoms with van der Waals surface area (Å²) >= 11 is 0. The number of amides is 2. The number of aryl methyl sites for hydroxylation is 2. The molecule has 3 rings (SSSR count). The fourth-order valence-corrected chi connectivity index (χ4v) is 2.53. The van der Waals surface area contributed by atoms with E-state index in [-0.39, 0.29) is 6.03 Å². The number of carbonyl (C=O) groups is 1. The van der Waals surface area contributed by atoms with Gasteiger partial charge in [-0.05, 0) is 38.1 Å². The summed E-state index contributed by atoms with van der Waals surface area (Å²) in [6, 6.07) is 14.6. The third kappa shape index (κ3) is 4.03.